The lowest BCUT2D eigenvalue weighted by Crippen LogP contribution is -2.31. The zero-order valence-corrected chi connectivity index (χ0v) is 14.7. The van der Waals surface area contributed by atoms with E-state index in [4.69, 9.17) is 4.42 Å². The molecule has 0 radical (unpaired) electrons. The number of carbonyl (C=O) groups is 1. The second-order valence-electron chi connectivity index (χ2n) is 6.54. The van der Waals surface area contributed by atoms with Crippen molar-refractivity contribution in [3.05, 3.63) is 54.1 Å². The molecule has 26 heavy (non-hydrogen) atoms. The Morgan fingerprint density at radius 1 is 1.19 bits per heavy atom. The van der Waals surface area contributed by atoms with Crippen LogP contribution in [0.2, 0.25) is 0 Å². The van der Waals surface area contributed by atoms with E-state index in [9.17, 15) is 4.79 Å². The van der Waals surface area contributed by atoms with E-state index >= 15 is 0 Å². The van der Waals surface area contributed by atoms with Crippen molar-refractivity contribution in [2.24, 2.45) is 0 Å². The van der Waals surface area contributed by atoms with Crippen molar-refractivity contribution in [2.45, 2.75) is 0 Å². The van der Waals surface area contributed by atoms with Crippen molar-refractivity contribution in [1.29, 1.82) is 0 Å². The third-order valence-corrected chi connectivity index (χ3v) is 4.33. The fourth-order valence-corrected chi connectivity index (χ4v) is 2.94. The van der Waals surface area contributed by atoms with Gasteiger partial charge < -0.3 is 14.6 Å². The van der Waals surface area contributed by atoms with Crippen molar-refractivity contribution < 1.29 is 9.21 Å². The Balaban J connectivity index is 1.67. The molecule has 0 spiro atoms. The van der Waals surface area contributed by atoms with Gasteiger partial charge in [-0.3, -0.25) is 9.89 Å². The molecule has 0 unspecified atom stereocenters. The van der Waals surface area contributed by atoms with E-state index in [1.165, 1.54) is 0 Å². The number of fused-ring (bicyclic) bond motifs is 2. The minimum atomic E-state index is -0.0921. The zero-order valence-electron chi connectivity index (χ0n) is 14.7. The van der Waals surface area contributed by atoms with Crippen LogP contribution in [0.3, 0.4) is 0 Å². The average molecular weight is 348 g/mol. The normalized spacial score (nSPS) is 11.5. The number of amides is 1. The molecule has 0 bridgehead atoms. The van der Waals surface area contributed by atoms with Gasteiger partial charge in [0, 0.05) is 29.4 Å². The number of rotatable bonds is 5. The topological polar surface area (TPSA) is 74.2 Å². The summed E-state index contributed by atoms with van der Waals surface area (Å²) in [6.45, 7) is 1.40. The molecule has 2 heterocycles. The van der Waals surface area contributed by atoms with E-state index in [1.807, 2.05) is 61.5 Å². The lowest BCUT2D eigenvalue weighted by molar-refractivity contribution is 0.0951. The summed E-state index contributed by atoms with van der Waals surface area (Å²) in [4.78, 5) is 14.4. The molecule has 6 nitrogen and oxygen atoms in total. The summed E-state index contributed by atoms with van der Waals surface area (Å²) in [5, 5.41) is 12.2. The van der Waals surface area contributed by atoms with Gasteiger partial charge in [0.1, 0.15) is 11.3 Å². The van der Waals surface area contributed by atoms with Crippen LogP contribution in [0.1, 0.15) is 10.4 Å². The first-order chi connectivity index (χ1) is 12.6. The van der Waals surface area contributed by atoms with E-state index in [0.29, 0.717) is 23.6 Å². The highest BCUT2D eigenvalue weighted by Crippen LogP contribution is 2.31. The van der Waals surface area contributed by atoms with Gasteiger partial charge in [-0.2, -0.15) is 5.10 Å². The Kier molecular flexibility index (Phi) is 4.18. The second kappa shape index (κ2) is 6.65. The first-order valence-electron chi connectivity index (χ1n) is 8.52. The molecule has 4 rings (SSSR count). The molecule has 6 heteroatoms. The third kappa shape index (κ3) is 3.07. The van der Waals surface area contributed by atoms with Crippen LogP contribution in [0.15, 0.2) is 52.9 Å². The minimum Gasteiger partial charge on any atom is -0.454 e. The smallest absolute Gasteiger partial charge is 0.251 e. The molecular weight excluding hydrogens is 328 g/mol. The standard InChI is InChI=1S/C20H20N4O2/c1-24(2)10-9-21-20(25)14-7-8-16-15(11-14)19(23-22-16)18-12-13-5-3-4-6-17(13)26-18/h3-8,11-12H,9-10H2,1-2H3,(H,21,25)(H,22,23). The highest BCUT2D eigenvalue weighted by molar-refractivity contribution is 6.01. The largest absolute Gasteiger partial charge is 0.454 e. The number of nitrogens with zero attached hydrogens (tertiary/aromatic N) is 2. The van der Waals surface area contributed by atoms with Crippen molar-refractivity contribution in [3.8, 4) is 11.5 Å². The number of likely N-dealkylation sites (N-methyl/N-ethyl adjacent to an activating group) is 1. The molecule has 0 aliphatic heterocycles. The second-order valence-corrected chi connectivity index (χ2v) is 6.54. The van der Waals surface area contributed by atoms with Gasteiger partial charge in [-0.25, -0.2) is 0 Å². The third-order valence-electron chi connectivity index (χ3n) is 4.33. The Labute approximate surface area is 150 Å². The van der Waals surface area contributed by atoms with E-state index in [2.05, 4.69) is 15.5 Å². The van der Waals surface area contributed by atoms with Crippen LogP contribution in [0.4, 0.5) is 0 Å². The summed E-state index contributed by atoms with van der Waals surface area (Å²) in [7, 11) is 3.95. The average Bonchev–Trinajstić information content (AvgIpc) is 3.24. The molecule has 0 saturated heterocycles. The van der Waals surface area contributed by atoms with Gasteiger partial charge in [0.25, 0.3) is 5.91 Å². The van der Waals surface area contributed by atoms with E-state index in [0.717, 1.165) is 28.4 Å². The van der Waals surface area contributed by atoms with Crippen LogP contribution in [0.25, 0.3) is 33.3 Å². The number of hydrogen-bond acceptors (Lipinski definition) is 4. The van der Waals surface area contributed by atoms with Gasteiger partial charge in [0.05, 0.1) is 5.52 Å². The summed E-state index contributed by atoms with van der Waals surface area (Å²) in [5.41, 5.74) is 3.00. The molecule has 0 saturated carbocycles. The maximum atomic E-state index is 12.4. The summed E-state index contributed by atoms with van der Waals surface area (Å²) in [6, 6.07) is 15.3. The molecule has 2 aromatic heterocycles. The van der Waals surface area contributed by atoms with E-state index in [1.54, 1.807) is 6.07 Å². The van der Waals surface area contributed by atoms with Crippen LogP contribution in [-0.2, 0) is 0 Å². The number of aromatic amines is 1. The lowest BCUT2D eigenvalue weighted by Gasteiger charge is -2.10. The van der Waals surface area contributed by atoms with Crippen molar-refractivity contribution in [1.82, 2.24) is 20.4 Å². The summed E-state index contributed by atoms with van der Waals surface area (Å²) in [5.74, 6) is 0.591. The Bertz CT molecular complexity index is 1040. The van der Waals surface area contributed by atoms with Gasteiger partial charge in [-0.1, -0.05) is 18.2 Å². The SMILES string of the molecule is CN(C)CCNC(=O)c1ccc2[nH]nc(-c3cc4ccccc4o3)c2c1. The maximum Gasteiger partial charge on any atom is 0.251 e. The van der Waals surface area contributed by atoms with Crippen LogP contribution in [0.5, 0.6) is 0 Å². The molecule has 1 amide bonds. The number of carbonyl (C=O) groups excluding carboxylic acids is 1. The maximum absolute atomic E-state index is 12.4. The van der Waals surface area contributed by atoms with Gasteiger partial charge in [0.2, 0.25) is 0 Å². The van der Waals surface area contributed by atoms with E-state index < -0.39 is 0 Å². The first-order valence-corrected chi connectivity index (χ1v) is 8.52. The van der Waals surface area contributed by atoms with Gasteiger partial charge >= 0.3 is 0 Å². The molecule has 2 N–H and O–H groups in total. The Morgan fingerprint density at radius 3 is 2.85 bits per heavy atom. The van der Waals surface area contributed by atoms with Gasteiger partial charge in [-0.05, 0) is 44.4 Å². The fourth-order valence-electron chi connectivity index (χ4n) is 2.94. The summed E-state index contributed by atoms with van der Waals surface area (Å²) < 4.78 is 5.92. The number of hydrogen-bond donors (Lipinski definition) is 2. The summed E-state index contributed by atoms with van der Waals surface area (Å²) >= 11 is 0. The fraction of sp³-hybridized carbons (Fsp3) is 0.200. The van der Waals surface area contributed by atoms with Gasteiger partial charge in [-0.15, -0.1) is 0 Å². The van der Waals surface area contributed by atoms with Crippen LogP contribution in [0, 0.1) is 0 Å². The predicted molar refractivity (Wildman–Crippen MR) is 102 cm³/mol. The predicted octanol–water partition coefficient (Wildman–Crippen LogP) is 3.27. The quantitative estimate of drug-likeness (QED) is 0.580. The molecule has 0 atom stereocenters. The lowest BCUT2D eigenvalue weighted by atomic mass is 10.1. The minimum absolute atomic E-state index is 0.0921. The van der Waals surface area contributed by atoms with E-state index in [-0.39, 0.29) is 5.91 Å². The summed E-state index contributed by atoms with van der Waals surface area (Å²) in [6.07, 6.45) is 0. The first kappa shape index (κ1) is 16.4. The van der Waals surface area contributed by atoms with Crippen LogP contribution >= 0.6 is 0 Å². The molecular formula is C20H20N4O2. The van der Waals surface area contributed by atoms with Gasteiger partial charge in [0.15, 0.2) is 5.76 Å². The Hall–Kier alpha value is -3.12. The molecule has 0 aliphatic rings. The van der Waals surface area contributed by atoms with Crippen LogP contribution < -0.4 is 5.32 Å². The molecule has 4 aromatic rings. The Morgan fingerprint density at radius 2 is 2.04 bits per heavy atom. The molecule has 2 aromatic carbocycles. The monoisotopic (exact) mass is 348 g/mol. The zero-order chi connectivity index (χ0) is 18.1. The van der Waals surface area contributed by atoms with Crippen molar-refractivity contribution >= 4 is 27.8 Å². The van der Waals surface area contributed by atoms with Crippen LogP contribution in [-0.4, -0.2) is 48.2 Å². The number of furan rings is 1. The molecule has 0 fully saturated rings. The number of H-pyrrole nitrogens is 1. The van der Waals surface area contributed by atoms with Crippen molar-refractivity contribution in [2.75, 3.05) is 27.2 Å². The number of para-hydroxylation sites is 1. The molecule has 132 valence electrons. The number of nitrogens with one attached hydrogen (secondary N) is 2. The highest BCUT2D eigenvalue weighted by atomic mass is 16.3. The number of aromatic nitrogens is 2. The highest BCUT2D eigenvalue weighted by Gasteiger charge is 2.15. The number of benzene rings is 2. The van der Waals surface area contributed by atoms with Crippen molar-refractivity contribution in [3.63, 3.8) is 0 Å². The molecule has 0 aliphatic carbocycles.